The number of hydrogen-bond donors (Lipinski definition) is 1. The van der Waals surface area contributed by atoms with E-state index in [-0.39, 0.29) is 0 Å². The van der Waals surface area contributed by atoms with E-state index >= 15 is 0 Å². The first-order valence-electron chi connectivity index (χ1n) is 5.73. The van der Waals surface area contributed by atoms with Gasteiger partial charge < -0.3 is 15.2 Å². The van der Waals surface area contributed by atoms with Crippen molar-refractivity contribution < 1.29 is 9.47 Å². The normalized spacial score (nSPS) is 9.35. The van der Waals surface area contributed by atoms with Crippen LogP contribution < -0.4 is 15.2 Å². The molecule has 20 heavy (non-hydrogen) atoms. The van der Waals surface area contributed by atoms with Gasteiger partial charge in [-0.2, -0.15) is 10.5 Å². The lowest BCUT2D eigenvalue weighted by molar-refractivity contribution is 0.409. The molecule has 0 aliphatic rings. The fourth-order valence-corrected chi connectivity index (χ4v) is 1.63. The number of rotatable bonds is 3. The van der Waals surface area contributed by atoms with Crippen LogP contribution in [0.4, 0.5) is 5.69 Å². The van der Waals surface area contributed by atoms with E-state index in [1.165, 1.54) is 7.11 Å². The molecule has 0 bridgehead atoms. The topological polar surface area (TPSA) is 92.1 Å². The van der Waals surface area contributed by atoms with E-state index in [1.807, 2.05) is 12.1 Å². The molecule has 0 radical (unpaired) electrons. The minimum atomic E-state index is 0.362. The van der Waals surface area contributed by atoms with Crippen LogP contribution in [0.15, 0.2) is 36.4 Å². The van der Waals surface area contributed by atoms with Crippen LogP contribution in [0.5, 0.6) is 17.2 Å². The molecule has 0 saturated heterocycles. The molecule has 0 heterocycles. The lowest BCUT2D eigenvalue weighted by Gasteiger charge is -2.10. The van der Waals surface area contributed by atoms with E-state index in [0.717, 1.165) is 0 Å². The highest BCUT2D eigenvalue weighted by Crippen LogP contribution is 2.31. The SMILES string of the molecule is COc1cc(C#N)cc(Oc2cc(C#N)ccc2N)c1. The smallest absolute Gasteiger partial charge is 0.151 e. The molecule has 0 unspecified atom stereocenters. The predicted molar refractivity (Wildman–Crippen MR) is 73.4 cm³/mol. The van der Waals surface area contributed by atoms with Crippen LogP contribution in [-0.2, 0) is 0 Å². The number of nitrogens with zero attached hydrogens (tertiary/aromatic N) is 2. The second-order valence-corrected chi connectivity index (χ2v) is 3.98. The highest BCUT2D eigenvalue weighted by Gasteiger charge is 2.07. The summed E-state index contributed by atoms with van der Waals surface area (Å²) in [5, 5.41) is 17.8. The molecule has 0 saturated carbocycles. The monoisotopic (exact) mass is 265 g/mol. The molecule has 2 aromatic rings. The molecule has 2 aromatic carbocycles. The number of methoxy groups -OCH3 is 1. The molecule has 0 aliphatic heterocycles. The van der Waals surface area contributed by atoms with E-state index in [0.29, 0.717) is 34.1 Å². The molecule has 0 aliphatic carbocycles. The van der Waals surface area contributed by atoms with Crippen molar-refractivity contribution in [3.63, 3.8) is 0 Å². The molecule has 0 amide bonds. The Hall–Kier alpha value is -3.18. The zero-order valence-electron chi connectivity index (χ0n) is 10.8. The molecule has 5 nitrogen and oxygen atoms in total. The molecule has 2 rings (SSSR count). The maximum Gasteiger partial charge on any atom is 0.151 e. The summed E-state index contributed by atoms with van der Waals surface area (Å²) >= 11 is 0. The van der Waals surface area contributed by atoms with Gasteiger partial charge in [-0.15, -0.1) is 0 Å². The third-order valence-electron chi connectivity index (χ3n) is 2.62. The molecule has 2 N–H and O–H groups in total. The third kappa shape index (κ3) is 2.80. The summed E-state index contributed by atoms with van der Waals surface area (Å²) in [6.45, 7) is 0. The third-order valence-corrected chi connectivity index (χ3v) is 2.62. The van der Waals surface area contributed by atoms with Gasteiger partial charge in [-0.25, -0.2) is 0 Å². The summed E-state index contributed by atoms with van der Waals surface area (Å²) in [5.41, 5.74) is 7.06. The highest BCUT2D eigenvalue weighted by atomic mass is 16.5. The second-order valence-electron chi connectivity index (χ2n) is 3.98. The average Bonchev–Trinajstić information content (AvgIpc) is 2.49. The Kier molecular flexibility index (Phi) is 3.74. The Labute approximate surface area is 116 Å². The van der Waals surface area contributed by atoms with Crippen LogP contribution >= 0.6 is 0 Å². The first-order valence-corrected chi connectivity index (χ1v) is 5.73. The van der Waals surface area contributed by atoms with E-state index in [9.17, 15) is 0 Å². The Balaban J connectivity index is 2.40. The highest BCUT2D eigenvalue weighted by molar-refractivity contribution is 5.58. The van der Waals surface area contributed by atoms with E-state index in [1.54, 1.807) is 36.4 Å². The van der Waals surface area contributed by atoms with Gasteiger partial charge in [-0.1, -0.05) is 0 Å². The minimum Gasteiger partial charge on any atom is -0.497 e. The molecule has 5 heteroatoms. The molecule has 0 spiro atoms. The average molecular weight is 265 g/mol. The summed E-state index contributed by atoms with van der Waals surface area (Å²) in [7, 11) is 1.50. The van der Waals surface area contributed by atoms with Crippen molar-refractivity contribution in [1.29, 1.82) is 10.5 Å². The van der Waals surface area contributed by atoms with E-state index in [4.69, 9.17) is 25.7 Å². The van der Waals surface area contributed by atoms with Gasteiger partial charge in [0.05, 0.1) is 36.1 Å². The molecule has 98 valence electrons. The number of nitriles is 2. The second kappa shape index (κ2) is 5.64. The van der Waals surface area contributed by atoms with Crippen LogP contribution in [-0.4, -0.2) is 7.11 Å². The molecule has 0 atom stereocenters. The van der Waals surface area contributed by atoms with Gasteiger partial charge in [0.1, 0.15) is 11.5 Å². The van der Waals surface area contributed by atoms with Crippen molar-refractivity contribution in [3.8, 4) is 29.4 Å². The molecular formula is C15H11N3O2. The molecular weight excluding hydrogens is 254 g/mol. The molecule has 0 aromatic heterocycles. The first-order chi connectivity index (χ1) is 9.66. The lowest BCUT2D eigenvalue weighted by atomic mass is 10.2. The Morgan fingerprint density at radius 2 is 1.65 bits per heavy atom. The van der Waals surface area contributed by atoms with Crippen molar-refractivity contribution in [2.75, 3.05) is 12.8 Å². The van der Waals surface area contributed by atoms with Crippen LogP contribution in [0.3, 0.4) is 0 Å². The maximum absolute atomic E-state index is 8.96. The van der Waals surface area contributed by atoms with Crippen molar-refractivity contribution in [3.05, 3.63) is 47.5 Å². The van der Waals surface area contributed by atoms with Crippen LogP contribution in [0.2, 0.25) is 0 Å². The Bertz CT molecular complexity index is 727. The summed E-state index contributed by atoms with van der Waals surface area (Å²) in [5.74, 6) is 1.29. The van der Waals surface area contributed by atoms with Gasteiger partial charge in [-0.05, 0) is 24.3 Å². The van der Waals surface area contributed by atoms with E-state index < -0.39 is 0 Å². The van der Waals surface area contributed by atoms with Gasteiger partial charge >= 0.3 is 0 Å². The predicted octanol–water partition coefficient (Wildman–Crippen LogP) is 2.81. The van der Waals surface area contributed by atoms with Crippen molar-refractivity contribution >= 4 is 5.69 Å². The first kappa shape index (κ1) is 13.3. The number of hydrogen-bond acceptors (Lipinski definition) is 5. The summed E-state index contributed by atoms with van der Waals surface area (Å²) in [6.07, 6.45) is 0. The molecule has 0 fully saturated rings. The maximum atomic E-state index is 8.96. The standard InChI is InChI=1S/C15H11N3O2/c1-19-12-4-11(9-17)5-13(7-12)20-15-6-10(8-16)2-3-14(15)18/h2-7H,18H2,1H3. The largest absolute Gasteiger partial charge is 0.497 e. The summed E-state index contributed by atoms with van der Waals surface area (Å²) in [4.78, 5) is 0. The van der Waals surface area contributed by atoms with Crippen LogP contribution in [0, 0.1) is 22.7 Å². The lowest BCUT2D eigenvalue weighted by Crippen LogP contribution is -1.94. The van der Waals surface area contributed by atoms with Crippen molar-refractivity contribution in [2.45, 2.75) is 0 Å². The van der Waals surface area contributed by atoms with Gasteiger partial charge in [-0.3, -0.25) is 0 Å². The van der Waals surface area contributed by atoms with Gasteiger partial charge in [0.2, 0.25) is 0 Å². The summed E-state index contributed by atoms with van der Waals surface area (Å²) < 4.78 is 10.7. The fraction of sp³-hybridized carbons (Fsp3) is 0.0667. The van der Waals surface area contributed by atoms with Crippen LogP contribution in [0.25, 0.3) is 0 Å². The zero-order valence-corrected chi connectivity index (χ0v) is 10.8. The summed E-state index contributed by atoms with van der Waals surface area (Å²) in [6, 6.07) is 13.6. The quantitative estimate of drug-likeness (QED) is 0.861. The Morgan fingerprint density at radius 3 is 2.30 bits per heavy atom. The van der Waals surface area contributed by atoms with Gasteiger partial charge in [0, 0.05) is 12.1 Å². The number of benzene rings is 2. The minimum absolute atomic E-state index is 0.362. The van der Waals surface area contributed by atoms with E-state index in [2.05, 4.69) is 0 Å². The van der Waals surface area contributed by atoms with Crippen LogP contribution in [0.1, 0.15) is 11.1 Å². The van der Waals surface area contributed by atoms with Gasteiger partial charge in [0.25, 0.3) is 0 Å². The fourth-order valence-electron chi connectivity index (χ4n) is 1.63. The number of anilines is 1. The number of nitrogen functional groups attached to an aromatic ring is 1. The van der Waals surface area contributed by atoms with Crippen molar-refractivity contribution in [2.24, 2.45) is 0 Å². The van der Waals surface area contributed by atoms with Gasteiger partial charge in [0.15, 0.2) is 5.75 Å². The van der Waals surface area contributed by atoms with Crippen molar-refractivity contribution in [1.82, 2.24) is 0 Å². The zero-order chi connectivity index (χ0) is 14.5. The number of nitrogens with two attached hydrogens (primary N) is 1. The Morgan fingerprint density at radius 1 is 0.950 bits per heavy atom. The number of ether oxygens (including phenoxy) is 2.